The minimum absolute atomic E-state index is 0.0183. The summed E-state index contributed by atoms with van der Waals surface area (Å²) in [6.45, 7) is 0.551. The predicted molar refractivity (Wildman–Crippen MR) is 98.2 cm³/mol. The van der Waals surface area contributed by atoms with Crippen molar-refractivity contribution in [1.82, 2.24) is 29.2 Å². The van der Waals surface area contributed by atoms with E-state index in [1.165, 1.54) is 20.4 Å². The number of aromatic nitrogens is 5. The average molecular weight is 368 g/mol. The maximum Gasteiger partial charge on any atom is 0.331 e. The molecule has 9 nitrogen and oxygen atoms in total. The van der Waals surface area contributed by atoms with E-state index >= 15 is 0 Å². The van der Waals surface area contributed by atoms with Gasteiger partial charge in [-0.3, -0.25) is 23.4 Å². The first kappa shape index (κ1) is 18.3. The van der Waals surface area contributed by atoms with Crippen LogP contribution in [0.25, 0.3) is 0 Å². The normalized spacial score (nSPS) is 11.9. The molecule has 2 heterocycles. The summed E-state index contributed by atoms with van der Waals surface area (Å²) in [5.41, 5.74) is -0.141. The fourth-order valence-electron chi connectivity index (χ4n) is 2.80. The van der Waals surface area contributed by atoms with Crippen molar-refractivity contribution >= 4 is 5.91 Å². The van der Waals surface area contributed by atoms with Gasteiger partial charge in [-0.25, -0.2) is 9.78 Å². The van der Waals surface area contributed by atoms with E-state index in [1.807, 2.05) is 30.3 Å². The number of nitrogens with one attached hydrogen (secondary N) is 1. The fraction of sp³-hybridized carbons (Fsp3) is 0.278. The van der Waals surface area contributed by atoms with Crippen LogP contribution < -0.4 is 16.6 Å². The molecule has 1 N–H and O–H groups in total. The third-order valence-electron chi connectivity index (χ3n) is 4.38. The zero-order chi connectivity index (χ0) is 19.4. The summed E-state index contributed by atoms with van der Waals surface area (Å²) >= 11 is 0. The molecule has 27 heavy (non-hydrogen) atoms. The summed E-state index contributed by atoms with van der Waals surface area (Å²) in [6, 6.07) is 10.3. The van der Waals surface area contributed by atoms with Crippen LogP contribution in [0, 0.1) is 0 Å². The van der Waals surface area contributed by atoms with Crippen molar-refractivity contribution in [2.45, 2.75) is 19.0 Å². The van der Waals surface area contributed by atoms with Gasteiger partial charge in [-0.2, -0.15) is 5.10 Å². The highest BCUT2D eigenvalue weighted by Gasteiger charge is 2.19. The first-order chi connectivity index (χ1) is 13.0. The lowest BCUT2D eigenvalue weighted by molar-refractivity contribution is 0.0923. The Labute approximate surface area is 154 Å². The number of aryl methyl sites for hydroxylation is 1. The van der Waals surface area contributed by atoms with Crippen LogP contribution in [0.1, 0.15) is 28.5 Å². The third-order valence-corrected chi connectivity index (χ3v) is 4.38. The van der Waals surface area contributed by atoms with Crippen LogP contribution in [0.4, 0.5) is 0 Å². The maximum absolute atomic E-state index is 12.8. The van der Waals surface area contributed by atoms with Gasteiger partial charge in [-0.05, 0) is 12.0 Å². The Hall–Kier alpha value is -3.49. The molecule has 0 radical (unpaired) electrons. The number of rotatable bonds is 6. The van der Waals surface area contributed by atoms with Crippen LogP contribution in [0.5, 0.6) is 0 Å². The monoisotopic (exact) mass is 368 g/mol. The molecule has 0 fully saturated rings. The van der Waals surface area contributed by atoms with Crippen molar-refractivity contribution in [3.63, 3.8) is 0 Å². The van der Waals surface area contributed by atoms with Crippen LogP contribution in [0.2, 0.25) is 0 Å². The molecule has 0 bridgehead atoms. The van der Waals surface area contributed by atoms with Crippen molar-refractivity contribution in [3.8, 4) is 0 Å². The highest BCUT2D eigenvalue weighted by Crippen LogP contribution is 2.18. The van der Waals surface area contributed by atoms with Crippen molar-refractivity contribution in [2.24, 2.45) is 14.1 Å². The molecule has 0 saturated heterocycles. The lowest BCUT2D eigenvalue weighted by atomic mass is 10.0. The molecule has 140 valence electrons. The topological polar surface area (TPSA) is 104 Å². The Morgan fingerprint density at radius 3 is 2.56 bits per heavy atom. The van der Waals surface area contributed by atoms with Gasteiger partial charge in [0.15, 0.2) is 0 Å². The van der Waals surface area contributed by atoms with Gasteiger partial charge >= 0.3 is 5.69 Å². The molecule has 1 atom stereocenters. The van der Waals surface area contributed by atoms with Gasteiger partial charge in [0.25, 0.3) is 11.5 Å². The van der Waals surface area contributed by atoms with Crippen LogP contribution in [-0.4, -0.2) is 29.8 Å². The number of hydrogen-bond donors (Lipinski definition) is 1. The Kier molecular flexibility index (Phi) is 5.30. The molecular weight excluding hydrogens is 348 g/mol. The van der Waals surface area contributed by atoms with E-state index in [-0.39, 0.29) is 11.7 Å². The molecule has 1 amide bonds. The van der Waals surface area contributed by atoms with Crippen LogP contribution in [0.15, 0.2) is 58.6 Å². The van der Waals surface area contributed by atoms with E-state index in [9.17, 15) is 14.4 Å². The van der Waals surface area contributed by atoms with Gasteiger partial charge in [-0.15, -0.1) is 0 Å². The molecule has 3 rings (SSSR count). The third kappa shape index (κ3) is 4.02. The van der Waals surface area contributed by atoms with Gasteiger partial charge in [-0.1, -0.05) is 30.3 Å². The summed E-state index contributed by atoms with van der Waals surface area (Å²) in [7, 11) is 2.83. The minimum atomic E-state index is -0.550. The SMILES string of the molecule is Cn1c(C(=O)N[C@H](CCn2cncn2)c2ccccc2)cc(=O)n(C)c1=O. The molecule has 0 saturated carbocycles. The summed E-state index contributed by atoms with van der Waals surface area (Å²) in [4.78, 5) is 40.7. The van der Waals surface area contributed by atoms with Crippen LogP contribution >= 0.6 is 0 Å². The lowest BCUT2D eigenvalue weighted by Crippen LogP contribution is -2.41. The van der Waals surface area contributed by atoms with Crippen molar-refractivity contribution in [1.29, 1.82) is 0 Å². The molecule has 1 aromatic carbocycles. The molecule has 0 aliphatic rings. The van der Waals surface area contributed by atoms with E-state index in [2.05, 4.69) is 15.4 Å². The lowest BCUT2D eigenvalue weighted by Gasteiger charge is -2.20. The molecule has 0 aliphatic heterocycles. The van der Waals surface area contributed by atoms with Crippen LogP contribution in [0.3, 0.4) is 0 Å². The Morgan fingerprint density at radius 1 is 1.15 bits per heavy atom. The zero-order valence-corrected chi connectivity index (χ0v) is 15.1. The van der Waals surface area contributed by atoms with Gasteiger partial charge in [0.05, 0.1) is 6.04 Å². The smallest absolute Gasteiger partial charge is 0.331 e. The number of hydrogen-bond acceptors (Lipinski definition) is 5. The quantitative estimate of drug-likeness (QED) is 0.671. The number of carbonyl (C=O) groups is 1. The van der Waals surface area contributed by atoms with Gasteiger partial charge in [0, 0.05) is 26.7 Å². The largest absolute Gasteiger partial charge is 0.344 e. The first-order valence-corrected chi connectivity index (χ1v) is 8.42. The summed E-state index contributed by atoms with van der Waals surface area (Å²) < 4.78 is 3.79. The molecule has 2 aromatic heterocycles. The number of amides is 1. The minimum Gasteiger partial charge on any atom is -0.344 e. The van der Waals surface area contributed by atoms with Gasteiger partial charge < -0.3 is 5.32 Å². The molecule has 0 spiro atoms. The second-order valence-corrected chi connectivity index (χ2v) is 6.15. The molecule has 0 unspecified atom stereocenters. The summed E-state index contributed by atoms with van der Waals surface area (Å²) in [5.74, 6) is -0.486. The van der Waals surface area contributed by atoms with Crippen molar-refractivity contribution in [3.05, 3.63) is 81.1 Å². The summed E-state index contributed by atoms with van der Waals surface area (Å²) in [5, 5.41) is 6.99. The molecule has 3 aromatic rings. The number of benzene rings is 1. The van der Waals surface area contributed by atoms with Gasteiger partial charge in [0.1, 0.15) is 18.3 Å². The maximum atomic E-state index is 12.8. The first-order valence-electron chi connectivity index (χ1n) is 8.42. The Bertz CT molecular complexity index is 1040. The average Bonchev–Trinajstić information content (AvgIpc) is 3.20. The summed E-state index contributed by atoms with van der Waals surface area (Å²) in [6.07, 6.45) is 3.62. The second-order valence-electron chi connectivity index (χ2n) is 6.15. The van der Waals surface area contributed by atoms with Gasteiger partial charge in [0.2, 0.25) is 0 Å². The van der Waals surface area contributed by atoms with E-state index in [4.69, 9.17) is 0 Å². The predicted octanol–water partition coefficient (Wildman–Crippen LogP) is 0.237. The Balaban J connectivity index is 1.86. The van der Waals surface area contributed by atoms with Crippen molar-refractivity contribution in [2.75, 3.05) is 0 Å². The highest BCUT2D eigenvalue weighted by atomic mass is 16.2. The molecule has 9 heteroatoms. The second kappa shape index (κ2) is 7.81. The zero-order valence-electron chi connectivity index (χ0n) is 15.1. The fourth-order valence-corrected chi connectivity index (χ4v) is 2.80. The van der Waals surface area contributed by atoms with Crippen LogP contribution in [-0.2, 0) is 20.6 Å². The molecular formula is C18H20N6O3. The van der Waals surface area contributed by atoms with E-state index in [1.54, 1.807) is 11.0 Å². The Morgan fingerprint density at radius 2 is 1.89 bits per heavy atom. The van der Waals surface area contributed by atoms with Crippen molar-refractivity contribution < 1.29 is 4.79 Å². The molecule has 0 aliphatic carbocycles. The number of carbonyl (C=O) groups excluding carboxylic acids is 1. The number of nitrogens with zero attached hydrogens (tertiary/aromatic N) is 5. The van der Waals surface area contributed by atoms with E-state index in [0.717, 1.165) is 20.8 Å². The van der Waals surface area contributed by atoms with E-state index in [0.29, 0.717) is 13.0 Å². The standard InChI is InChI=1S/C18H20N6O3/c1-22-15(10-16(25)23(2)18(22)27)17(26)21-14(13-6-4-3-5-7-13)8-9-24-12-19-11-20-24/h3-7,10-12,14H,8-9H2,1-2H3,(H,21,26)/t14-/m1/s1. The highest BCUT2D eigenvalue weighted by molar-refractivity contribution is 5.92. The van der Waals surface area contributed by atoms with E-state index < -0.39 is 17.2 Å².